The third-order valence-corrected chi connectivity index (χ3v) is 9.86. The zero-order valence-corrected chi connectivity index (χ0v) is 23.5. The van der Waals surface area contributed by atoms with Crippen LogP contribution in [-0.2, 0) is 28.3 Å². The van der Waals surface area contributed by atoms with Crippen molar-refractivity contribution in [2.45, 2.75) is 70.7 Å². The second-order valence-electron chi connectivity index (χ2n) is 11.7. The number of likely N-dealkylation sites (tertiary alicyclic amines) is 1. The van der Waals surface area contributed by atoms with Crippen LogP contribution in [0.25, 0.3) is 10.9 Å². The highest BCUT2D eigenvalue weighted by Crippen LogP contribution is 2.51. The number of aliphatic hydroxyl groups is 1. The Labute approximate surface area is 239 Å². The van der Waals surface area contributed by atoms with E-state index >= 15 is 0 Å². The van der Waals surface area contributed by atoms with Crippen molar-refractivity contribution in [2.75, 3.05) is 13.1 Å². The van der Waals surface area contributed by atoms with Crippen molar-refractivity contribution in [3.05, 3.63) is 70.4 Å². The second-order valence-corrected chi connectivity index (χ2v) is 11.7. The number of aromatic amines is 1. The Morgan fingerprint density at radius 2 is 1.95 bits per heavy atom. The van der Waals surface area contributed by atoms with Crippen molar-refractivity contribution in [1.29, 1.82) is 5.26 Å². The topological polar surface area (TPSA) is 130 Å². The molecule has 3 aromatic rings. The molecule has 212 valence electrons. The van der Waals surface area contributed by atoms with Crippen LogP contribution in [0.15, 0.2) is 42.6 Å². The molecule has 1 aromatic heterocycles. The van der Waals surface area contributed by atoms with E-state index in [0.717, 1.165) is 40.4 Å². The van der Waals surface area contributed by atoms with Gasteiger partial charge in [-0.1, -0.05) is 38.1 Å². The molecule has 0 bridgehead atoms. The van der Waals surface area contributed by atoms with E-state index in [1.807, 2.05) is 36.5 Å². The number of fused-ring (bicyclic) bond motifs is 2. The number of imide groups is 1. The number of hydrogen-bond donors (Lipinski definition) is 3. The molecular weight excluding hydrogens is 518 g/mol. The summed E-state index contributed by atoms with van der Waals surface area (Å²) >= 11 is 0. The molecule has 2 unspecified atom stereocenters. The Morgan fingerprint density at radius 1 is 1.15 bits per heavy atom. The van der Waals surface area contributed by atoms with Gasteiger partial charge in [-0.2, -0.15) is 5.26 Å². The number of hydrogen-bond acceptors (Lipinski definition) is 6. The van der Waals surface area contributed by atoms with Crippen LogP contribution in [0.2, 0.25) is 0 Å². The van der Waals surface area contributed by atoms with E-state index in [9.17, 15) is 24.8 Å². The first-order valence-corrected chi connectivity index (χ1v) is 14.5. The quantitative estimate of drug-likeness (QED) is 0.399. The number of carbonyl (C=O) groups excluding carboxylic acids is 3. The summed E-state index contributed by atoms with van der Waals surface area (Å²) in [7, 11) is 0. The summed E-state index contributed by atoms with van der Waals surface area (Å²) < 4.78 is 0. The monoisotopic (exact) mass is 553 g/mol. The summed E-state index contributed by atoms with van der Waals surface area (Å²) in [6, 6.07) is 13.0. The van der Waals surface area contributed by atoms with Crippen LogP contribution >= 0.6 is 0 Å². The first-order chi connectivity index (χ1) is 19.7. The molecule has 0 spiro atoms. The molecule has 3 aliphatic rings. The van der Waals surface area contributed by atoms with Crippen LogP contribution < -0.4 is 5.32 Å². The molecule has 0 saturated carbocycles. The maximum atomic E-state index is 13.2. The molecule has 41 heavy (non-hydrogen) atoms. The SMILES string of the molecule is CCC1(CC)CN(Cc2c[nH]c3c(C#N)cccc23)CCC1(O)c1ccc2c(c1)CN(C1CCC(=O)NC1=O)C2=O. The van der Waals surface area contributed by atoms with Crippen LogP contribution in [0.4, 0.5) is 0 Å². The van der Waals surface area contributed by atoms with Gasteiger partial charge in [-0.25, -0.2) is 0 Å². The molecule has 9 nitrogen and oxygen atoms in total. The fraction of sp³-hybridized carbons (Fsp3) is 0.438. The van der Waals surface area contributed by atoms with Gasteiger partial charge in [-0.3, -0.25) is 24.6 Å². The van der Waals surface area contributed by atoms with Gasteiger partial charge in [0, 0.05) is 55.2 Å². The highest BCUT2D eigenvalue weighted by molar-refractivity contribution is 6.05. The van der Waals surface area contributed by atoms with Gasteiger partial charge in [0.05, 0.1) is 16.7 Å². The van der Waals surface area contributed by atoms with E-state index in [2.05, 4.69) is 35.1 Å². The fourth-order valence-electron chi connectivity index (χ4n) is 7.38. The van der Waals surface area contributed by atoms with Crippen LogP contribution in [0.3, 0.4) is 0 Å². The Kier molecular flexibility index (Phi) is 6.71. The average molecular weight is 554 g/mol. The van der Waals surface area contributed by atoms with Crippen molar-refractivity contribution in [3.8, 4) is 6.07 Å². The van der Waals surface area contributed by atoms with Crippen molar-refractivity contribution in [3.63, 3.8) is 0 Å². The van der Waals surface area contributed by atoms with Crippen LogP contribution in [-0.4, -0.2) is 56.7 Å². The first-order valence-electron chi connectivity index (χ1n) is 14.5. The lowest BCUT2D eigenvalue weighted by Crippen LogP contribution is -2.57. The number of amides is 3. The highest BCUT2D eigenvalue weighted by atomic mass is 16.3. The first kappa shape index (κ1) is 27.2. The van der Waals surface area contributed by atoms with Crippen LogP contribution in [0.5, 0.6) is 0 Å². The molecule has 2 atom stereocenters. The number of para-hydroxylation sites is 1. The van der Waals surface area contributed by atoms with E-state index in [1.54, 1.807) is 11.0 Å². The molecular formula is C32H35N5O4. The maximum Gasteiger partial charge on any atom is 0.255 e. The number of H-pyrrole nitrogens is 1. The second kappa shape index (κ2) is 10.1. The molecule has 4 heterocycles. The van der Waals surface area contributed by atoms with Crippen molar-refractivity contribution >= 4 is 28.6 Å². The van der Waals surface area contributed by atoms with Gasteiger partial charge in [0.1, 0.15) is 12.1 Å². The lowest BCUT2D eigenvalue weighted by atomic mass is 9.61. The number of benzene rings is 2. The van der Waals surface area contributed by atoms with Crippen molar-refractivity contribution < 1.29 is 19.5 Å². The summed E-state index contributed by atoms with van der Waals surface area (Å²) in [5, 5.41) is 25.3. The molecule has 6 rings (SSSR count). The van der Waals surface area contributed by atoms with Gasteiger partial charge in [-0.05, 0) is 54.5 Å². The highest BCUT2D eigenvalue weighted by Gasteiger charge is 2.53. The number of nitrogens with zero attached hydrogens (tertiary/aromatic N) is 3. The Morgan fingerprint density at radius 3 is 2.68 bits per heavy atom. The van der Waals surface area contributed by atoms with Gasteiger partial charge in [0.2, 0.25) is 11.8 Å². The smallest absolute Gasteiger partial charge is 0.255 e. The van der Waals surface area contributed by atoms with Gasteiger partial charge in [-0.15, -0.1) is 0 Å². The number of carbonyl (C=O) groups is 3. The molecule has 2 aromatic carbocycles. The normalized spacial score (nSPS) is 24.4. The standard InChI is InChI=1S/C32H35N5O4/c1-3-31(4-2)19-36(17-22-16-34-28-20(15-33)6-5-7-24(22)28)13-12-32(31,41)23-8-9-25-21(14-23)18-37(30(25)40)26-10-11-27(38)35-29(26)39/h5-9,14,16,26,34,41H,3-4,10-13,17-19H2,1-2H3,(H,35,38,39). The molecule has 2 saturated heterocycles. The van der Waals surface area contributed by atoms with E-state index in [1.165, 1.54) is 0 Å². The minimum atomic E-state index is -1.08. The lowest BCUT2D eigenvalue weighted by Gasteiger charge is -2.54. The van der Waals surface area contributed by atoms with E-state index in [-0.39, 0.29) is 24.8 Å². The molecule has 3 N–H and O–H groups in total. The largest absolute Gasteiger partial charge is 0.384 e. The molecule has 2 fully saturated rings. The fourth-order valence-corrected chi connectivity index (χ4v) is 7.38. The molecule has 3 amide bonds. The Balaban J connectivity index is 1.26. The van der Waals surface area contributed by atoms with Gasteiger partial charge >= 0.3 is 0 Å². The average Bonchev–Trinajstić information content (AvgIpc) is 3.54. The van der Waals surface area contributed by atoms with E-state index in [4.69, 9.17) is 0 Å². The lowest BCUT2D eigenvalue weighted by molar-refractivity contribution is -0.148. The van der Waals surface area contributed by atoms with Crippen LogP contribution in [0.1, 0.15) is 78.6 Å². The van der Waals surface area contributed by atoms with Crippen LogP contribution in [0, 0.1) is 16.7 Å². The van der Waals surface area contributed by atoms with Gasteiger partial charge in [0.25, 0.3) is 5.91 Å². The molecule has 0 radical (unpaired) electrons. The number of nitrogens with one attached hydrogen (secondary N) is 2. The minimum Gasteiger partial charge on any atom is -0.384 e. The third-order valence-electron chi connectivity index (χ3n) is 9.86. The zero-order valence-electron chi connectivity index (χ0n) is 23.5. The third kappa shape index (κ3) is 4.25. The van der Waals surface area contributed by atoms with E-state index < -0.39 is 23.0 Å². The summed E-state index contributed by atoms with van der Waals surface area (Å²) in [4.78, 5) is 44.6. The summed E-state index contributed by atoms with van der Waals surface area (Å²) in [5.74, 6) is -0.944. The summed E-state index contributed by atoms with van der Waals surface area (Å²) in [6.45, 7) is 6.66. The van der Waals surface area contributed by atoms with Crippen molar-refractivity contribution in [1.82, 2.24) is 20.1 Å². The number of aromatic nitrogens is 1. The Bertz CT molecular complexity index is 1600. The number of piperidine rings is 2. The molecule has 9 heteroatoms. The van der Waals surface area contributed by atoms with E-state index in [0.29, 0.717) is 43.6 Å². The number of rotatable bonds is 6. The predicted molar refractivity (Wildman–Crippen MR) is 152 cm³/mol. The zero-order chi connectivity index (χ0) is 28.9. The summed E-state index contributed by atoms with van der Waals surface area (Å²) in [5.41, 5.74) is 3.29. The maximum absolute atomic E-state index is 13.2. The molecule has 0 aliphatic carbocycles. The predicted octanol–water partition coefficient (Wildman–Crippen LogP) is 3.70. The van der Waals surface area contributed by atoms with Crippen molar-refractivity contribution in [2.24, 2.45) is 5.41 Å². The molecule has 3 aliphatic heterocycles. The van der Waals surface area contributed by atoms with Gasteiger partial charge in [0.15, 0.2) is 0 Å². The Hall–Kier alpha value is -4.00. The summed E-state index contributed by atoms with van der Waals surface area (Å²) in [6.07, 6.45) is 4.62. The number of nitriles is 1. The minimum absolute atomic E-state index is 0.210. The van der Waals surface area contributed by atoms with Gasteiger partial charge < -0.3 is 15.0 Å².